The van der Waals surface area contributed by atoms with Crippen LogP contribution in [0.25, 0.3) is 17.2 Å². The average molecular weight is 378 g/mol. The zero-order valence-corrected chi connectivity index (χ0v) is 15.6. The molecule has 4 rings (SSSR count). The molecular formula is C20H22N6O2. The molecule has 2 aromatic heterocycles. The van der Waals surface area contributed by atoms with Gasteiger partial charge >= 0.3 is 0 Å². The van der Waals surface area contributed by atoms with Gasteiger partial charge in [-0.2, -0.15) is 0 Å². The van der Waals surface area contributed by atoms with E-state index >= 15 is 0 Å². The monoisotopic (exact) mass is 378 g/mol. The van der Waals surface area contributed by atoms with E-state index < -0.39 is 0 Å². The standard InChI is InChI=1S/C20H22N6O2/c1-21-17(27)9-8-14-5-2-3-7-16(14)28-11-15-6-4-10-26(15)20-18-19(23-12-22-18)24-13-25-20/h2-3,5,7-9,12-13,15H,4,6,10-11H2,1H3,(H,21,27)(H,22,23,24,25)/b9-8+/t15-/m1/s1. The van der Waals surface area contributed by atoms with Crippen LogP contribution >= 0.6 is 0 Å². The molecule has 0 spiro atoms. The van der Waals surface area contributed by atoms with Crippen LogP contribution in [-0.4, -0.2) is 52.1 Å². The minimum atomic E-state index is -0.149. The molecule has 1 aliphatic rings. The van der Waals surface area contributed by atoms with Gasteiger partial charge in [-0.05, 0) is 25.0 Å². The van der Waals surface area contributed by atoms with Crippen molar-refractivity contribution in [2.24, 2.45) is 0 Å². The molecule has 3 aromatic rings. The highest BCUT2D eigenvalue weighted by Gasteiger charge is 2.28. The van der Waals surface area contributed by atoms with Crippen LogP contribution < -0.4 is 15.0 Å². The van der Waals surface area contributed by atoms with Gasteiger partial charge in [-0.3, -0.25) is 4.79 Å². The maximum absolute atomic E-state index is 11.5. The third kappa shape index (κ3) is 3.66. The first kappa shape index (κ1) is 18.0. The number of para-hydroxylation sites is 1. The van der Waals surface area contributed by atoms with Crippen LogP contribution in [0.2, 0.25) is 0 Å². The number of ether oxygens (including phenoxy) is 1. The minimum absolute atomic E-state index is 0.149. The number of carbonyl (C=O) groups excluding carboxylic acids is 1. The van der Waals surface area contributed by atoms with E-state index in [4.69, 9.17) is 4.74 Å². The summed E-state index contributed by atoms with van der Waals surface area (Å²) in [5.41, 5.74) is 2.39. The van der Waals surface area contributed by atoms with Crippen LogP contribution in [0.4, 0.5) is 5.82 Å². The first-order valence-electron chi connectivity index (χ1n) is 9.28. The van der Waals surface area contributed by atoms with Gasteiger partial charge < -0.3 is 19.9 Å². The van der Waals surface area contributed by atoms with Gasteiger partial charge in [-0.25, -0.2) is 15.0 Å². The van der Waals surface area contributed by atoms with Crippen LogP contribution in [0.3, 0.4) is 0 Å². The van der Waals surface area contributed by atoms with E-state index in [1.807, 2.05) is 24.3 Å². The number of benzene rings is 1. The summed E-state index contributed by atoms with van der Waals surface area (Å²) in [6.45, 7) is 1.44. The molecule has 0 saturated carbocycles. The number of nitrogens with one attached hydrogen (secondary N) is 2. The summed E-state index contributed by atoms with van der Waals surface area (Å²) in [7, 11) is 1.60. The van der Waals surface area contributed by atoms with E-state index in [0.29, 0.717) is 6.61 Å². The van der Waals surface area contributed by atoms with Crippen LogP contribution in [0.15, 0.2) is 43.0 Å². The lowest BCUT2D eigenvalue weighted by Gasteiger charge is -2.26. The number of amides is 1. The SMILES string of the molecule is CNC(=O)/C=C/c1ccccc1OC[C@H]1CCCN1c1ncnc2[nH]cnc12. The van der Waals surface area contributed by atoms with Gasteiger partial charge in [-0.1, -0.05) is 18.2 Å². The summed E-state index contributed by atoms with van der Waals surface area (Å²) in [4.78, 5) is 29.8. The maximum atomic E-state index is 11.5. The highest BCUT2D eigenvalue weighted by atomic mass is 16.5. The molecule has 0 unspecified atom stereocenters. The van der Waals surface area contributed by atoms with Gasteiger partial charge in [0.1, 0.15) is 24.2 Å². The van der Waals surface area contributed by atoms with E-state index in [9.17, 15) is 4.79 Å². The van der Waals surface area contributed by atoms with Crippen molar-refractivity contribution in [1.29, 1.82) is 0 Å². The molecule has 0 radical (unpaired) electrons. The fraction of sp³-hybridized carbons (Fsp3) is 0.300. The molecule has 28 heavy (non-hydrogen) atoms. The zero-order chi connectivity index (χ0) is 19.3. The number of aromatic nitrogens is 4. The van der Waals surface area contributed by atoms with E-state index in [-0.39, 0.29) is 11.9 Å². The molecular weight excluding hydrogens is 356 g/mol. The molecule has 1 fully saturated rings. The maximum Gasteiger partial charge on any atom is 0.243 e. The minimum Gasteiger partial charge on any atom is -0.491 e. The quantitative estimate of drug-likeness (QED) is 0.638. The molecule has 1 atom stereocenters. The van der Waals surface area contributed by atoms with Gasteiger partial charge in [0.2, 0.25) is 5.91 Å². The van der Waals surface area contributed by atoms with Gasteiger partial charge in [0.05, 0.1) is 12.4 Å². The second-order valence-electron chi connectivity index (χ2n) is 6.58. The van der Waals surface area contributed by atoms with Crippen molar-refractivity contribution >= 4 is 29.0 Å². The number of aromatic amines is 1. The average Bonchev–Trinajstić information content (AvgIpc) is 3.40. The molecule has 8 nitrogen and oxygen atoms in total. The summed E-state index contributed by atoms with van der Waals surface area (Å²) in [6.07, 6.45) is 8.55. The molecule has 1 amide bonds. The van der Waals surface area contributed by atoms with Crippen LogP contribution in [0, 0.1) is 0 Å². The number of fused-ring (bicyclic) bond motifs is 1. The van der Waals surface area contributed by atoms with Crippen molar-refractivity contribution in [2.75, 3.05) is 25.1 Å². The lowest BCUT2D eigenvalue weighted by molar-refractivity contribution is -0.115. The highest BCUT2D eigenvalue weighted by molar-refractivity contribution is 5.91. The smallest absolute Gasteiger partial charge is 0.243 e. The van der Waals surface area contributed by atoms with E-state index in [0.717, 1.165) is 47.7 Å². The van der Waals surface area contributed by atoms with E-state index in [1.165, 1.54) is 6.08 Å². The molecule has 144 valence electrons. The van der Waals surface area contributed by atoms with Gasteiger partial charge in [0.25, 0.3) is 0 Å². The number of hydrogen-bond donors (Lipinski definition) is 2. The Balaban J connectivity index is 1.50. The van der Waals surface area contributed by atoms with Crippen molar-refractivity contribution in [2.45, 2.75) is 18.9 Å². The number of H-pyrrole nitrogens is 1. The Hall–Kier alpha value is -3.42. The predicted octanol–water partition coefficient (Wildman–Crippen LogP) is 2.16. The molecule has 0 bridgehead atoms. The lowest BCUT2D eigenvalue weighted by Crippen LogP contribution is -2.35. The third-order valence-electron chi connectivity index (χ3n) is 4.86. The fourth-order valence-electron chi connectivity index (χ4n) is 3.43. The molecule has 0 aliphatic carbocycles. The van der Waals surface area contributed by atoms with Crippen molar-refractivity contribution in [3.8, 4) is 5.75 Å². The van der Waals surface area contributed by atoms with Crippen LogP contribution in [-0.2, 0) is 4.79 Å². The lowest BCUT2D eigenvalue weighted by atomic mass is 10.2. The molecule has 1 aromatic carbocycles. The Morgan fingerprint density at radius 3 is 3.14 bits per heavy atom. The first-order valence-corrected chi connectivity index (χ1v) is 9.28. The summed E-state index contributed by atoms with van der Waals surface area (Å²) in [6, 6.07) is 7.90. The molecule has 8 heteroatoms. The molecule has 1 saturated heterocycles. The zero-order valence-electron chi connectivity index (χ0n) is 15.6. The first-order chi connectivity index (χ1) is 13.8. The van der Waals surface area contributed by atoms with Crippen molar-refractivity contribution in [3.05, 3.63) is 48.6 Å². The second kappa shape index (κ2) is 8.08. The Labute approximate surface area is 162 Å². The van der Waals surface area contributed by atoms with Crippen molar-refractivity contribution in [3.63, 3.8) is 0 Å². The summed E-state index contributed by atoms with van der Waals surface area (Å²) in [5.74, 6) is 1.44. The normalized spacial score (nSPS) is 16.8. The topological polar surface area (TPSA) is 96.0 Å². The number of anilines is 1. The highest BCUT2D eigenvalue weighted by Crippen LogP contribution is 2.29. The summed E-state index contributed by atoms with van der Waals surface area (Å²) in [5, 5.41) is 2.57. The fourth-order valence-corrected chi connectivity index (χ4v) is 3.43. The van der Waals surface area contributed by atoms with Gasteiger partial charge in [-0.15, -0.1) is 0 Å². The Kier molecular flexibility index (Phi) is 5.18. The van der Waals surface area contributed by atoms with E-state index in [1.54, 1.807) is 25.8 Å². The number of nitrogens with zero attached hydrogens (tertiary/aromatic N) is 4. The summed E-state index contributed by atoms with van der Waals surface area (Å²) < 4.78 is 6.14. The van der Waals surface area contributed by atoms with Gasteiger partial charge in [0, 0.05) is 25.2 Å². The van der Waals surface area contributed by atoms with Crippen molar-refractivity contribution < 1.29 is 9.53 Å². The van der Waals surface area contributed by atoms with Crippen LogP contribution in [0.5, 0.6) is 5.75 Å². The second-order valence-corrected chi connectivity index (χ2v) is 6.58. The number of carbonyl (C=O) groups is 1. The largest absolute Gasteiger partial charge is 0.491 e. The number of likely N-dealkylation sites (N-methyl/N-ethyl adjacent to an activating group) is 1. The Morgan fingerprint density at radius 2 is 2.25 bits per heavy atom. The number of rotatable bonds is 6. The number of hydrogen-bond acceptors (Lipinski definition) is 6. The van der Waals surface area contributed by atoms with Gasteiger partial charge in [0.15, 0.2) is 11.5 Å². The number of imidazole rings is 1. The molecule has 3 heterocycles. The van der Waals surface area contributed by atoms with E-state index in [2.05, 4.69) is 30.2 Å². The molecule has 1 aliphatic heterocycles. The molecule has 2 N–H and O–H groups in total. The van der Waals surface area contributed by atoms with Crippen molar-refractivity contribution in [1.82, 2.24) is 25.3 Å². The Morgan fingerprint density at radius 1 is 1.36 bits per heavy atom. The van der Waals surface area contributed by atoms with Crippen LogP contribution in [0.1, 0.15) is 18.4 Å². The Bertz CT molecular complexity index is 999. The third-order valence-corrected chi connectivity index (χ3v) is 4.86. The predicted molar refractivity (Wildman–Crippen MR) is 107 cm³/mol. The summed E-state index contributed by atoms with van der Waals surface area (Å²) >= 11 is 0.